The van der Waals surface area contributed by atoms with Crippen LogP contribution in [0.2, 0.25) is 0 Å². The monoisotopic (exact) mass is 485 g/mol. The van der Waals surface area contributed by atoms with Crippen LogP contribution in [-0.4, -0.2) is 42.2 Å². The summed E-state index contributed by atoms with van der Waals surface area (Å²) in [6.07, 6.45) is 0. The van der Waals surface area contributed by atoms with Gasteiger partial charge in [-0.2, -0.15) is 0 Å². The molecule has 13 nitrogen and oxygen atoms in total. The Bertz CT molecular complexity index is 1230. The van der Waals surface area contributed by atoms with Crippen LogP contribution >= 0.6 is 11.8 Å². The highest BCUT2D eigenvalue weighted by atomic mass is 32.2. The quantitative estimate of drug-likeness (QED) is 0.248. The number of anilines is 1. The second-order valence-electron chi connectivity index (χ2n) is 6.77. The van der Waals surface area contributed by atoms with Gasteiger partial charge in [0.2, 0.25) is 5.91 Å². The third kappa shape index (κ3) is 6.13. The van der Waals surface area contributed by atoms with Crippen molar-refractivity contribution in [1.29, 1.82) is 0 Å². The van der Waals surface area contributed by atoms with Gasteiger partial charge >= 0.3 is 0 Å². The van der Waals surface area contributed by atoms with Crippen molar-refractivity contribution in [2.45, 2.75) is 25.2 Å². The van der Waals surface area contributed by atoms with Crippen molar-refractivity contribution >= 4 is 40.6 Å². The molecule has 0 aliphatic carbocycles. The fourth-order valence-electron chi connectivity index (χ4n) is 2.89. The van der Waals surface area contributed by atoms with Crippen molar-refractivity contribution in [2.24, 2.45) is 0 Å². The van der Waals surface area contributed by atoms with Gasteiger partial charge in [-0.25, -0.2) is 0 Å². The Morgan fingerprint density at radius 2 is 1.74 bits per heavy atom. The molecule has 0 spiro atoms. The molecule has 0 saturated carbocycles. The van der Waals surface area contributed by atoms with E-state index in [0.717, 1.165) is 11.8 Å². The number of thioether (sulfide) groups is 1. The summed E-state index contributed by atoms with van der Waals surface area (Å²) in [5, 5.41) is 35.5. The third-order valence-electron chi connectivity index (χ3n) is 4.53. The molecule has 0 fully saturated rings. The number of amides is 2. The maximum Gasteiger partial charge on any atom is 0.270 e. The van der Waals surface area contributed by atoms with Crippen LogP contribution in [0.3, 0.4) is 0 Å². The molecular weight excluding hydrogens is 466 g/mol. The van der Waals surface area contributed by atoms with E-state index in [1.54, 1.807) is 4.57 Å². The van der Waals surface area contributed by atoms with E-state index in [0.29, 0.717) is 23.2 Å². The first-order valence-corrected chi connectivity index (χ1v) is 10.9. The molecule has 0 radical (unpaired) electrons. The number of carbonyl (C=O) groups is 2. The number of non-ortho nitro benzene ring substituents is 2. The van der Waals surface area contributed by atoms with Crippen LogP contribution in [0, 0.1) is 20.2 Å². The number of hydrogen-bond donors (Lipinski definition) is 2. The molecule has 0 saturated heterocycles. The Balaban J connectivity index is 1.56. The van der Waals surface area contributed by atoms with Crippen LogP contribution in [0.4, 0.5) is 17.1 Å². The van der Waals surface area contributed by atoms with E-state index in [1.807, 2.05) is 6.92 Å². The van der Waals surface area contributed by atoms with Crippen LogP contribution in [0.1, 0.15) is 23.1 Å². The van der Waals surface area contributed by atoms with Gasteiger partial charge in [-0.15, -0.1) is 10.2 Å². The van der Waals surface area contributed by atoms with E-state index in [-0.39, 0.29) is 35.1 Å². The maximum atomic E-state index is 12.4. The van der Waals surface area contributed by atoms with Crippen LogP contribution in [0.25, 0.3) is 0 Å². The normalized spacial score (nSPS) is 10.5. The minimum Gasteiger partial charge on any atom is -0.345 e. The van der Waals surface area contributed by atoms with E-state index in [2.05, 4.69) is 20.8 Å². The fourth-order valence-corrected chi connectivity index (χ4v) is 3.71. The lowest BCUT2D eigenvalue weighted by Crippen LogP contribution is -2.25. The first kappa shape index (κ1) is 24.3. The lowest BCUT2D eigenvalue weighted by Gasteiger charge is -2.09. The van der Waals surface area contributed by atoms with E-state index in [9.17, 15) is 29.8 Å². The molecule has 1 heterocycles. The smallest absolute Gasteiger partial charge is 0.270 e. The van der Waals surface area contributed by atoms with Crippen LogP contribution in [-0.2, 0) is 17.9 Å². The zero-order valence-corrected chi connectivity index (χ0v) is 18.7. The Morgan fingerprint density at radius 1 is 1.03 bits per heavy atom. The van der Waals surface area contributed by atoms with Gasteiger partial charge in [0.05, 0.1) is 22.1 Å². The predicted molar refractivity (Wildman–Crippen MR) is 122 cm³/mol. The maximum absolute atomic E-state index is 12.4. The topological polar surface area (TPSA) is 175 Å². The average Bonchev–Trinajstić information content (AvgIpc) is 3.23. The number of nitrogens with one attached hydrogen (secondary N) is 2. The van der Waals surface area contributed by atoms with E-state index in [4.69, 9.17) is 0 Å². The molecule has 34 heavy (non-hydrogen) atoms. The Kier molecular flexibility index (Phi) is 7.87. The van der Waals surface area contributed by atoms with Crippen LogP contribution in [0.15, 0.2) is 53.7 Å². The molecule has 2 aromatic carbocycles. The minimum atomic E-state index is -0.578. The lowest BCUT2D eigenvalue weighted by atomic mass is 10.2. The van der Waals surface area contributed by atoms with Gasteiger partial charge in [-0.05, 0) is 25.1 Å². The molecule has 2 N–H and O–H groups in total. The molecule has 3 aromatic rings. The minimum absolute atomic E-state index is 0.0230. The van der Waals surface area contributed by atoms with Crippen molar-refractivity contribution in [1.82, 2.24) is 20.1 Å². The van der Waals surface area contributed by atoms with Gasteiger partial charge < -0.3 is 15.2 Å². The number of nitro groups is 2. The summed E-state index contributed by atoms with van der Waals surface area (Å²) in [4.78, 5) is 45.1. The standard InChI is InChI=1S/C20H19N7O6S/c1-2-25-17(11-21-19(29)13-4-3-5-16(10-13)27(32)33)23-24-20(25)34-12-18(28)22-14-6-8-15(9-7-14)26(30)31/h3-10H,2,11-12H2,1H3,(H,21,29)(H,22,28). The Morgan fingerprint density at radius 3 is 2.38 bits per heavy atom. The van der Waals surface area contributed by atoms with Gasteiger partial charge in [-0.1, -0.05) is 17.8 Å². The van der Waals surface area contributed by atoms with Crippen molar-refractivity contribution in [3.8, 4) is 0 Å². The second-order valence-corrected chi connectivity index (χ2v) is 7.72. The van der Waals surface area contributed by atoms with E-state index >= 15 is 0 Å². The SMILES string of the molecule is CCn1c(CNC(=O)c2cccc([N+](=O)[O-])c2)nnc1SCC(=O)Nc1ccc([N+](=O)[O-])cc1. The molecule has 0 aliphatic heterocycles. The number of aromatic nitrogens is 3. The molecule has 14 heteroatoms. The highest BCUT2D eigenvalue weighted by Crippen LogP contribution is 2.19. The summed E-state index contributed by atoms with van der Waals surface area (Å²) < 4.78 is 1.73. The van der Waals surface area contributed by atoms with Gasteiger partial charge in [0.1, 0.15) is 0 Å². The lowest BCUT2D eigenvalue weighted by molar-refractivity contribution is -0.385. The zero-order chi connectivity index (χ0) is 24.7. The summed E-state index contributed by atoms with van der Waals surface area (Å²) in [5.41, 5.74) is 0.315. The van der Waals surface area contributed by atoms with Crippen molar-refractivity contribution in [3.63, 3.8) is 0 Å². The van der Waals surface area contributed by atoms with Crippen molar-refractivity contribution in [2.75, 3.05) is 11.1 Å². The third-order valence-corrected chi connectivity index (χ3v) is 5.50. The number of rotatable bonds is 10. The summed E-state index contributed by atoms with van der Waals surface area (Å²) in [6, 6.07) is 10.9. The highest BCUT2D eigenvalue weighted by Gasteiger charge is 2.16. The second kappa shape index (κ2) is 11.0. The molecule has 2 amide bonds. The Labute approximate surface area is 196 Å². The van der Waals surface area contributed by atoms with Gasteiger partial charge in [0.25, 0.3) is 17.3 Å². The zero-order valence-electron chi connectivity index (χ0n) is 17.8. The fraction of sp³-hybridized carbons (Fsp3) is 0.200. The van der Waals surface area contributed by atoms with Gasteiger partial charge in [0.15, 0.2) is 11.0 Å². The summed E-state index contributed by atoms with van der Waals surface area (Å²) in [6.45, 7) is 2.38. The average molecular weight is 485 g/mol. The van der Waals surface area contributed by atoms with E-state index < -0.39 is 15.8 Å². The summed E-state index contributed by atoms with van der Waals surface area (Å²) in [5.74, 6) is -0.342. The number of carbonyl (C=O) groups excluding carboxylic acids is 2. The molecule has 0 bridgehead atoms. The number of benzene rings is 2. The molecular formula is C20H19N7O6S. The molecule has 0 atom stereocenters. The van der Waals surface area contributed by atoms with Crippen LogP contribution < -0.4 is 10.6 Å². The number of hydrogen-bond acceptors (Lipinski definition) is 9. The van der Waals surface area contributed by atoms with Crippen molar-refractivity contribution in [3.05, 3.63) is 80.1 Å². The highest BCUT2D eigenvalue weighted by molar-refractivity contribution is 7.99. The van der Waals surface area contributed by atoms with Gasteiger partial charge in [-0.3, -0.25) is 29.8 Å². The molecule has 1 aromatic heterocycles. The first-order valence-electron chi connectivity index (χ1n) is 9.90. The van der Waals surface area contributed by atoms with Gasteiger partial charge in [0, 0.05) is 42.1 Å². The van der Waals surface area contributed by atoms with Crippen LogP contribution in [0.5, 0.6) is 0 Å². The number of nitrogens with zero attached hydrogens (tertiary/aromatic N) is 5. The van der Waals surface area contributed by atoms with Crippen molar-refractivity contribution < 1.29 is 19.4 Å². The predicted octanol–water partition coefficient (Wildman–Crippen LogP) is 2.78. The summed E-state index contributed by atoms with van der Waals surface area (Å²) in [7, 11) is 0. The first-order chi connectivity index (χ1) is 16.3. The molecule has 0 aliphatic rings. The largest absolute Gasteiger partial charge is 0.345 e. The summed E-state index contributed by atoms with van der Waals surface area (Å²) >= 11 is 1.15. The molecule has 176 valence electrons. The Hall–Kier alpha value is -4.33. The molecule has 3 rings (SSSR count). The molecule has 0 unspecified atom stereocenters. The van der Waals surface area contributed by atoms with E-state index in [1.165, 1.54) is 48.5 Å². The number of nitro benzene ring substituents is 2.